The highest BCUT2D eigenvalue weighted by Gasteiger charge is 2.48. The van der Waals surface area contributed by atoms with Crippen molar-refractivity contribution in [2.45, 2.75) is 44.8 Å². The number of halogens is 1. The first-order valence-electron chi connectivity index (χ1n) is 9.21. The molecule has 1 saturated carbocycles. The molecule has 4 aromatic rings. The predicted octanol–water partition coefficient (Wildman–Crippen LogP) is 3.31. The second-order valence-corrected chi connectivity index (χ2v) is 7.71. The molecule has 1 atom stereocenters. The minimum Gasteiger partial charge on any atom is -0.380 e. The maximum Gasteiger partial charge on any atom is 0.278 e. The fourth-order valence-corrected chi connectivity index (χ4v) is 3.76. The molecule has 5 rings (SSSR count). The van der Waals surface area contributed by atoms with Crippen molar-refractivity contribution in [1.82, 2.24) is 24.1 Å². The zero-order valence-electron chi connectivity index (χ0n) is 15.4. The molecule has 8 nitrogen and oxygen atoms in total. The predicted molar refractivity (Wildman–Crippen MR) is 103 cm³/mol. The summed E-state index contributed by atoms with van der Waals surface area (Å²) in [6, 6.07) is 5.44. The summed E-state index contributed by atoms with van der Waals surface area (Å²) in [5.41, 5.74) is 0.844. The van der Waals surface area contributed by atoms with Crippen LogP contribution in [-0.4, -0.2) is 29.2 Å². The van der Waals surface area contributed by atoms with E-state index >= 15 is 0 Å². The Labute approximate surface area is 164 Å². The Morgan fingerprint density at radius 2 is 2.14 bits per heavy atom. The zero-order valence-corrected chi connectivity index (χ0v) is 16.1. The van der Waals surface area contributed by atoms with Crippen LogP contribution in [0, 0.1) is 0 Å². The minimum atomic E-state index is -1.04. The van der Waals surface area contributed by atoms with E-state index in [9.17, 15) is 9.90 Å². The summed E-state index contributed by atoms with van der Waals surface area (Å²) in [7, 11) is 0. The van der Waals surface area contributed by atoms with Crippen LogP contribution >= 0.6 is 11.6 Å². The second-order valence-electron chi connectivity index (χ2n) is 7.31. The molecular formula is C19H18ClN5O3. The number of aromatic nitrogens is 5. The molecule has 1 fully saturated rings. The lowest BCUT2D eigenvalue weighted by molar-refractivity contribution is 0.108. The van der Waals surface area contributed by atoms with E-state index in [0.717, 1.165) is 11.9 Å². The van der Waals surface area contributed by atoms with E-state index in [1.165, 1.54) is 0 Å². The van der Waals surface area contributed by atoms with Gasteiger partial charge in [0.15, 0.2) is 0 Å². The van der Waals surface area contributed by atoms with Crippen LogP contribution in [0.4, 0.5) is 0 Å². The minimum absolute atomic E-state index is 0.0596. The van der Waals surface area contributed by atoms with E-state index in [2.05, 4.69) is 15.1 Å². The van der Waals surface area contributed by atoms with Gasteiger partial charge < -0.3 is 14.2 Å². The van der Waals surface area contributed by atoms with Gasteiger partial charge in [-0.2, -0.15) is 4.98 Å². The summed E-state index contributed by atoms with van der Waals surface area (Å²) in [5, 5.41) is 14.7. The van der Waals surface area contributed by atoms with Crippen molar-refractivity contribution in [3.05, 3.63) is 45.8 Å². The fourth-order valence-electron chi connectivity index (χ4n) is 3.50. The molecule has 1 aliphatic carbocycles. The van der Waals surface area contributed by atoms with Crippen molar-refractivity contribution in [2.75, 3.05) is 0 Å². The van der Waals surface area contributed by atoms with Gasteiger partial charge in [-0.25, -0.2) is 4.98 Å². The van der Waals surface area contributed by atoms with E-state index in [4.69, 9.17) is 16.1 Å². The largest absolute Gasteiger partial charge is 0.380 e. The molecule has 144 valence electrons. The van der Waals surface area contributed by atoms with Crippen molar-refractivity contribution >= 4 is 28.2 Å². The van der Waals surface area contributed by atoms with Gasteiger partial charge in [-0.15, -0.1) is 0 Å². The lowest BCUT2D eigenvalue weighted by Crippen LogP contribution is -2.26. The van der Waals surface area contributed by atoms with Gasteiger partial charge in [0, 0.05) is 6.04 Å². The highest BCUT2D eigenvalue weighted by molar-refractivity contribution is 6.35. The number of hydrogen-bond donors (Lipinski definition) is 1. The van der Waals surface area contributed by atoms with Gasteiger partial charge in [-0.1, -0.05) is 29.7 Å². The first-order chi connectivity index (χ1) is 13.4. The molecule has 3 heterocycles. The maximum absolute atomic E-state index is 13.5. The van der Waals surface area contributed by atoms with Gasteiger partial charge in [0.1, 0.15) is 23.1 Å². The van der Waals surface area contributed by atoms with Gasteiger partial charge >= 0.3 is 0 Å². The van der Waals surface area contributed by atoms with Crippen LogP contribution in [0.1, 0.15) is 45.0 Å². The van der Waals surface area contributed by atoms with Crippen molar-refractivity contribution in [2.24, 2.45) is 0 Å². The Kier molecular flexibility index (Phi) is 3.66. The van der Waals surface area contributed by atoms with E-state index in [1.54, 1.807) is 21.4 Å². The van der Waals surface area contributed by atoms with Gasteiger partial charge in [0.2, 0.25) is 5.82 Å². The molecule has 1 aliphatic rings. The Balaban J connectivity index is 1.84. The van der Waals surface area contributed by atoms with Crippen LogP contribution in [0.15, 0.2) is 33.8 Å². The molecule has 1 unspecified atom stereocenters. The number of hydrogen-bond acceptors (Lipinski definition) is 6. The number of imidazole rings is 1. The van der Waals surface area contributed by atoms with Gasteiger partial charge in [-0.3, -0.25) is 9.20 Å². The maximum atomic E-state index is 13.5. The van der Waals surface area contributed by atoms with Crippen LogP contribution in [0.25, 0.3) is 28.1 Å². The summed E-state index contributed by atoms with van der Waals surface area (Å²) in [6.07, 6.45) is 3.50. The summed E-state index contributed by atoms with van der Waals surface area (Å²) >= 11 is 6.46. The Morgan fingerprint density at radius 3 is 2.86 bits per heavy atom. The molecule has 0 bridgehead atoms. The summed E-state index contributed by atoms with van der Waals surface area (Å²) in [5.74, 6) is 0.349. The van der Waals surface area contributed by atoms with Gasteiger partial charge in [0.25, 0.3) is 11.4 Å². The first-order valence-corrected chi connectivity index (χ1v) is 9.59. The Hall–Kier alpha value is -2.71. The third kappa shape index (κ3) is 2.34. The molecule has 0 radical (unpaired) electrons. The standard InChI is InChI=1S/C19H18ClN5O3/c1-3-10(2)25-14-11(20)5-4-6-12(14)24-9-21-13(15(24)17(25)26)16-22-18(28-23-16)19(27)7-8-19/h4-6,9-10,27H,3,7-8H2,1-2H3. The lowest BCUT2D eigenvalue weighted by Gasteiger charge is -2.18. The summed E-state index contributed by atoms with van der Waals surface area (Å²) in [6.45, 7) is 3.99. The van der Waals surface area contributed by atoms with E-state index < -0.39 is 5.60 Å². The quantitative estimate of drug-likeness (QED) is 0.565. The normalized spacial score (nSPS) is 16.7. The highest BCUT2D eigenvalue weighted by Crippen LogP contribution is 2.44. The average Bonchev–Trinajstić information content (AvgIpc) is 3.12. The molecule has 0 saturated heterocycles. The monoisotopic (exact) mass is 399 g/mol. The molecular weight excluding hydrogens is 382 g/mol. The van der Waals surface area contributed by atoms with Crippen molar-refractivity contribution in [3.8, 4) is 11.5 Å². The van der Waals surface area contributed by atoms with Crippen LogP contribution in [0.3, 0.4) is 0 Å². The first kappa shape index (κ1) is 17.4. The summed E-state index contributed by atoms with van der Waals surface area (Å²) < 4.78 is 8.63. The molecule has 0 amide bonds. The van der Waals surface area contributed by atoms with Crippen LogP contribution in [-0.2, 0) is 5.60 Å². The van der Waals surface area contributed by atoms with E-state index in [0.29, 0.717) is 34.6 Å². The number of aliphatic hydroxyl groups is 1. The molecule has 9 heteroatoms. The second kappa shape index (κ2) is 5.89. The number of nitrogens with zero attached hydrogens (tertiary/aromatic N) is 5. The molecule has 0 aliphatic heterocycles. The Morgan fingerprint density at radius 1 is 1.36 bits per heavy atom. The topological polar surface area (TPSA) is 98.5 Å². The van der Waals surface area contributed by atoms with Gasteiger partial charge in [0.05, 0.1) is 16.1 Å². The number of benzene rings is 1. The molecule has 1 aromatic carbocycles. The van der Waals surface area contributed by atoms with E-state index in [-0.39, 0.29) is 23.3 Å². The molecule has 28 heavy (non-hydrogen) atoms. The number of fused-ring (bicyclic) bond motifs is 3. The smallest absolute Gasteiger partial charge is 0.278 e. The number of rotatable bonds is 4. The van der Waals surface area contributed by atoms with Crippen LogP contribution < -0.4 is 5.56 Å². The number of para-hydroxylation sites is 1. The molecule has 0 spiro atoms. The molecule has 1 N–H and O–H groups in total. The van der Waals surface area contributed by atoms with Crippen molar-refractivity contribution in [1.29, 1.82) is 0 Å². The zero-order chi connectivity index (χ0) is 19.6. The van der Waals surface area contributed by atoms with Crippen LogP contribution in [0.5, 0.6) is 0 Å². The molecule has 3 aromatic heterocycles. The fraction of sp³-hybridized carbons (Fsp3) is 0.368. The lowest BCUT2D eigenvalue weighted by atomic mass is 10.2. The van der Waals surface area contributed by atoms with Crippen molar-refractivity contribution in [3.63, 3.8) is 0 Å². The van der Waals surface area contributed by atoms with Crippen molar-refractivity contribution < 1.29 is 9.63 Å². The average molecular weight is 400 g/mol. The highest BCUT2D eigenvalue weighted by atomic mass is 35.5. The SMILES string of the molecule is CCC(C)n1c(=O)c2c(-c3noc(C4(O)CC4)n3)ncn2c2cccc(Cl)c21. The van der Waals surface area contributed by atoms with Crippen LogP contribution in [0.2, 0.25) is 5.02 Å². The van der Waals surface area contributed by atoms with Gasteiger partial charge in [-0.05, 0) is 38.3 Å². The van der Waals surface area contributed by atoms with E-state index in [1.807, 2.05) is 26.0 Å². The third-order valence-corrected chi connectivity index (χ3v) is 5.75. The Bertz CT molecular complexity index is 1280. The third-order valence-electron chi connectivity index (χ3n) is 5.45. The summed E-state index contributed by atoms with van der Waals surface area (Å²) in [4.78, 5) is 22.2.